The maximum atomic E-state index is 11.9. The minimum absolute atomic E-state index is 0.00265. The minimum atomic E-state index is -0.472. The highest BCUT2D eigenvalue weighted by atomic mass is 16.6. The third kappa shape index (κ3) is 4.98. The summed E-state index contributed by atoms with van der Waals surface area (Å²) in [5.41, 5.74) is 3.37. The first-order chi connectivity index (χ1) is 14.1. The number of furan rings is 1. The van der Waals surface area contributed by atoms with Crippen LogP contribution in [-0.2, 0) is 4.79 Å². The third-order valence-electron chi connectivity index (χ3n) is 3.92. The number of ether oxygens (including phenoxy) is 1. The summed E-state index contributed by atoms with van der Waals surface area (Å²) in [5.74, 6) is 0.943. The Kier molecular flexibility index (Phi) is 6.21. The molecule has 0 aliphatic rings. The Bertz CT molecular complexity index is 1040. The first-order valence-electron chi connectivity index (χ1n) is 8.61. The Morgan fingerprint density at radius 1 is 1.17 bits per heavy atom. The van der Waals surface area contributed by atoms with Crippen LogP contribution in [0.2, 0.25) is 0 Å². The second-order valence-corrected chi connectivity index (χ2v) is 5.82. The number of nitro groups is 1. The molecule has 1 amide bonds. The van der Waals surface area contributed by atoms with E-state index in [1.807, 2.05) is 12.1 Å². The lowest BCUT2D eigenvalue weighted by Gasteiger charge is -2.09. The average molecular weight is 394 g/mol. The molecular weight excluding hydrogens is 376 g/mol. The van der Waals surface area contributed by atoms with Gasteiger partial charge in [0.05, 0.1) is 36.0 Å². The van der Waals surface area contributed by atoms with E-state index in [4.69, 9.17) is 9.15 Å². The Morgan fingerprint density at radius 3 is 2.72 bits per heavy atom. The molecular formula is C20H18N4O5. The molecule has 0 atom stereocenters. The zero-order valence-corrected chi connectivity index (χ0v) is 15.5. The lowest BCUT2D eigenvalue weighted by Crippen LogP contribution is -2.26. The lowest BCUT2D eigenvalue weighted by atomic mass is 10.1. The van der Waals surface area contributed by atoms with Gasteiger partial charge in [-0.25, -0.2) is 5.43 Å². The Balaban J connectivity index is 1.58. The van der Waals surface area contributed by atoms with Crippen LogP contribution < -0.4 is 15.5 Å². The smallest absolute Gasteiger partial charge is 0.280 e. The largest absolute Gasteiger partial charge is 0.495 e. The highest BCUT2D eigenvalue weighted by molar-refractivity contribution is 5.84. The molecule has 29 heavy (non-hydrogen) atoms. The highest BCUT2D eigenvalue weighted by Crippen LogP contribution is 2.30. The van der Waals surface area contributed by atoms with Gasteiger partial charge >= 0.3 is 0 Å². The number of carbonyl (C=O) groups excluding carboxylic acids is 1. The van der Waals surface area contributed by atoms with Crippen molar-refractivity contribution in [2.45, 2.75) is 0 Å². The van der Waals surface area contributed by atoms with Gasteiger partial charge in [-0.05, 0) is 30.3 Å². The summed E-state index contributed by atoms with van der Waals surface area (Å²) in [4.78, 5) is 22.6. The summed E-state index contributed by atoms with van der Waals surface area (Å²) in [6.07, 6.45) is 1.32. The van der Waals surface area contributed by atoms with E-state index in [1.165, 1.54) is 12.3 Å². The standard InChI is InChI=1S/C20H18N4O5/c1-28-19-9-5-3-7-16(19)21-13-20(25)23-22-12-14-10-11-18(29-14)15-6-2-4-8-17(15)24(26)27/h2-12,21H,13H2,1H3,(H,23,25)/b22-12-. The van der Waals surface area contributed by atoms with Gasteiger partial charge < -0.3 is 14.5 Å². The summed E-state index contributed by atoms with van der Waals surface area (Å²) >= 11 is 0. The van der Waals surface area contributed by atoms with Crippen LogP contribution in [0.3, 0.4) is 0 Å². The van der Waals surface area contributed by atoms with Gasteiger partial charge in [-0.3, -0.25) is 14.9 Å². The molecule has 148 valence electrons. The number of para-hydroxylation sites is 3. The molecule has 0 unspecified atom stereocenters. The number of nitro benzene ring substituents is 1. The quantitative estimate of drug-likeness (QED) is 0.343. The van der Waals surface area contributed by atoms with Gasteiger partial charge in [-0.2, -0.15) is 5.10 Å². The van der Waals surface area contributed by atoms with Crippen LogP contribution in [-0.4, -0.2) is 30.7 Å². The average Bonchev–Trinajstić information content (AvgIpc) is 3.21. The molecule has 0 bridgehead atoms. The van der Waals surface area contributed by atoms with E-state index in [2.05, 4.69) is 15.8 Å². The second kappa shape index (κ2) is 9.18. The first kappa shape index (κ1) is 19.6. The van der Waals surface area contributed by atoms with Crippen LogP contribution in [0.25, 0.3) is 11.3 Å². The van der Waals surface area contributed by atoms with Crippen molar-refractivity contribution in [3.63, 3.8) is 0 Å². The number of rotatable bonds is 8. The Hall–Kier alpha value is -4.14. The van der Waals surface area contributed by atoms with Gasteiger partial charge in [-0.1, -0.05) is 24.3 Å². The van der Waals surface area contributed by atoms with Crippen molar-refractivity contribution in [1.82, 2.24) is 5.43 Å². The first-order valence-corrected chi connectivity index (χ1v) is 8.61. The maximum absolute atomic E-state index is 11.9. The Labute approximate surface area is 166 Å². The molecule has 0 saturated heterocycles. The van der Waals surface area contributed by atoms with Crippen molar-refractivity contribution in [1.29, 1.82) is 0 Å². The van der Waals surface area contributed by atoms with Crippen molar-refractivity contribution < 1.29 is 18.9 Å². The number of nitrogens with zero attached hydrogens (tertiary/aromatic N) is 2. The van der Waals surface area contributed by atoms with Crippen molar-refractivity contribution in [2.24, 2.45) is 5.10 Å². The number of nitrogens with one attached hydrogen (secondary N) is 2. The molecule has 9 nitrogen and oxygen atoms in total. The van der Waals surface area contributed by atoms with Gasteiger partial charge in [0.15, 0.2) is 0 Å². The monoisotopic (exact) mass is 394 g/mol. The van der Waals surface area contributed by atoms with E-state index in [1.54, 1.807) is 49.6 Å². The molecule has 2 aromatic carbocycles. The molecule has 0 aliphatic carbocycles. The number of carbonyl (C=O) groups is 1. The molecule has 1 aromatic heterocycles. The molecule has 2 N–H and O–H groups in total. The highest BCUT2D eigenvalue weighted by Gasteiger charge is 2.16. The number of amides is 1. The van der Waals surface area contributed by atoms with Crippen LogP contribution in [0, 0.1) is 10.1 Å². The zero-order chi connectivity index (χ0) is 20.6. The maximum Gasteiger partial charge on any atom is 0.280 e. The molecule has 0 radical (unpaired) electrons. The lowest BCUT2D eigenvalue weighted by molar-refractivity contribution is -0.384. The van der Waals surface area contributed by atoms with Gasteiger partial charge in [-0.15, -0.1) is 0 Å². The fourth-order valence-electron chi connectivity index (χ4n) is 2.58. The fraction of sp³-hybridized carbons (Fsp3) is 0.100. The molecule has 0 spiro atoms. The summed E-state index contributed by atoms with van der Waals surface area (Å²) in [7, 11) is 1.55. The SMILES string of the molecule is COc1ccccc1NCC(=O)N/N=C\c1ccc(-c2ccccc2[N+](=O)[O-])o1. The van der Waals surface area contributed by atoms with E-state index in [0.717, 1.165) is 0 Å². The van der Waals surface area contributed by atoms with Crippen LogP contribution >= 0.6 is 0 Å². The summed E-state index contributed by atoms with van der Waals surface area (Å²) in [5, 5.41) is 17.9. The third-order valence-corrected chi connectivity index (χ3v) is 3.92. The second-order valence-electron chi connectivity index (χ2n) is 5.82. The normalized spacial score (nSPS) is 10.7. The molecule has 0 aliphatic heterocycles. The van der Waals surface area contributed by atoms with Crippen molar-refractivity contribution in [3.8, 4) is 17.1 Å². The fourth-order valence-corrected chi connectivity index (χ4v) is 2.58. The van der Waals surface area contributed by atoms with Crippen LogP contribution in [0.4, 0.5) is 11.4 Å². The minimum Gasteiger partial charge on any atom is -0.495 e. The molecule has 9 heteroatoms. The van der Waals surface area contributed by atoms with E-state index >= 15 is 0 Å². The van der Waals surface area contributed by atoms with Gasteiger partial charge in [0.25, 0.3) is 11.6 Å². The molecule has 0 fully saturated rings. The van der Waals surface area contributed by atoms with Crippen LogP contribution in [0.1, 0.15) is 5.76 Å². The number of benzene rings is 2. The molecule has 3 rings (SSSR count). The van der Waals surface area contributed by atoms with Gasteiger partial charge in [0.2, 0.25) is 0 Å². The predicted molar refractivity (Wildman–Crippen MR) is 108 cm³/mol. The van der Waals surface area contributed by atoms with Crippen molar-refractivity contribution >= 4 is 23.5 Å². The van der Waals surface area contributed by atoms with Crippen LogP contribution in [0.15, 0.2) is 70.2 Å². The summed E-state index contributed by atoms with van der Waals surface area (Å²) in [6, 6.07) is 16.7. The van der Waals surface area contributed by atoms with E-state index in [9.17, 15) is 14.9 Å². The van der Waals surface area contributed by atoms with E-state index in [0.29, 0.717) is 28.5 Å². The van der Waals surface area contributed by atoms with E-state index < -0.39 is 4.92 Å². The zero-order valence-electron chi connectivity index (χ0n) is 15.5. The number of hydrazone groups is 1. The van der Waals surface area contributed by atoms with Gasteiger partial charge in [0.1, 0.15) is 17.3 Å². The molecule has 0 saturated carbocycles. The summed E-state index contributed by atoms with van der Waals surface area (Å²) < 4.78 is 10.8. The van der Waals surface area contributed by atoms with Gasteiger partial charge in [0, 0.05) is 6.07 Å². The van der Waals surface area contributed by atoms with Crippen LogP contribution in [0.5, 0.6) is 5.75 Å². The van der Waals surface area contributed by atoms with Crippen molar-refractivity contribution in [2.75, 3.05) is 19.0 Å². The summed E-state index contributed by atoms with van der Waals surface area (Å²) in [6.45, 7) is -0.00265. The Morgan fingerprint density at radius 2 is 1.93 bits per heavy atom. The van der Waals surface area contributed by atoms with E-state index in [-0.39, 0.29) is 18.1 Å². The number of hydrogen-bond acceptors (Lipinski definition) is 7. The number of methoxy groups -OCH3 is 1. The topological polar surface area (TPSA) is 119 Å². The number of anilines is 1. The molecule has 1 heterocycles. The molecule has 3 aromatic rings. The van der Waals surface area contributed by atoms with Crippen molar-refractivity contribution in [3.05, 3.63) is 76.5 Å². The predicted octanol–water partition coefficient (Wildman–Crippen LogP) is 3.43. The number of hydrogen-bond donors (Lipinski definition) is 2.